The molecule has 1 aliphatic heterocycles. The Morgan fingerprint density at radius 3 is 2.88 bits per heavy atom. The number of amides is 1. The largest absolute Gasteiger partial charge is 0.444 e. The van der Waals surface area contributed by atoms with Crippen molar-refractivity contribution in [2.75, 3.05) is 18.8 Å². The molecule has 0 bridgehead atoms. The minimum Gasteiger partial charge on any atom is -0.444 e. The number of carbonyl (C=O) groups is 1. The number of fused-ring (bicyclic) bond motifs is 1. The van der Waals surface area contributed by atoms with Crippen molar-refractivity contribution in [1.82, 2.24) is 14.9 Å². The van der Waals surface area contributed by atoms with Crippen LogP contribution in [0, 0.1) is 5.92 Å². The third-order valence-corrected chi connectivity index (χ3v) is 5.31. The van der Waals surface area contributed by atoms with Crippen LogP contribution >= 0.6 is 0 Å². The van der Waals surface area contributed by atoms with E-state index in [4.69, 9.17) is 4.74 Å². The van der Waals surface area contributed by atoms with Gasteiger partial charge in [0.1, 0.15) is 5.60 Å². The molecule has 0 spiro atoms. The van der Waals surface area contributed by atoms with Crippen LogP contribution in [0.2, 0.25) is 0 Å². The Kier molecular flexibility index (Phi) is 4.62. The van der Waals surface area contributed by atoms with E-state index in [0.717, 1.165) is 17.5 Å². The Bertz CT molecular complexity index is 733. The Balaban J connectivity index is 1.59. The third-order valence-electron chi connectivity index (χ3n) is 3.91. The van der Waals surface area contributed by atoms with E-state index in [0.29, 0.717) is 24.0 Å². The Hall–Kier alpha value is -1.89. The van der Waals surface area contributed by atoms with Crippen LogP contribution < -0.4 is 0 Å². The maximum Gasteiger partial charge on any atom is 0.410 e. The number of rotatable bonds is 3. The topological polar surface area (TPSA) is 75.3 Å². The predicted molar refractivity (Wildman–Crippen MR) is 93.3 cm³/mol. The highest BCUT2D eigenvalue weighted by molar-refractivity contribution is 7.84. The molecular formula is C17H23N3O3S. The summed E-state index contributed by atoms with van der Waals surface area (Å²) in [6.07, 6.45) is 0.546. The number of nitrogens with zero attached hydrogens (tertiary/aromatic N) is 2. The Morgan fingerprint density at radius 1 is 1.42 bits per heavy atom. The van der Waals surface area contributed by atoms with Crippen molar-refractivity contribution >= 4 is 27.9 Å². The van der Waals surface area contributed by atoms with Gasteiger partial charge in [-0.05, 0) is 45.2 Å². The van der Waals surface area contributed by atoms with Gasteiger partial charge in [-0.1, -0.05) is 12.1 Å². The molecule has 2 heterocycles. The number of hydrogen-bond acceptors (Lipinski definition) is 4. The van der Waals surface area contributed by atoms with Gasteiger partial charge in [-0.2, -0.15) is 0 Å². The van der Waals surface area contributed by atoms with Gasteiger partial charge in [0, 0.05) is 18.8 Å². The van der Waals surface area contributed by atoms with Crippen LogP contribution in [-0.2, 0) is 15.5 Å². The van der Waals surface area contributed by atoms with Gasteiger partial charge in [0.25, 0.3) is 0 Å². The first-order valence-corrected chi connectivity index (χ1v) is 9.45. The zero-order valence-electron chi connectivity index (χ0n) is 14.2. The van der Waals surface area contributed by atoms with Crippen LogP contribution in [0.1, 0.15) is 27.2 Å². The first-order valence-electron chi connectivity index (χ1n) is 8.13. The van der Waals surface area contributed by atoms with Crippen LogP contribution in [-0.4, -0.2) is 49.6 Å². The summed E-state index contributed by atoms with van der Waals surface area (Å²) < 4.78 is 18.0. The summed E-state index contributed by atoms with van der Waals surface area (Å²) in [4.78, 5) is 21.3. The van der Waals surface area contributed by atoms with Crippen molar-refractivity contribution < 1.29 is 13.7 Å². The number of likely N-dealkylation sites (tertiary alicyclic amines) is 1. The maximum absolute atomic E-state index is 12.6. The zero-order valence-corrected chi connectivity index (χ0v) is 15.1. The molecule has 1 aromatic heterocycles. The molecule has 0 aliphatic carbocycles. The summed E-state index contributed by atoms with van der Waals surface area (Å²) in [5.41, 5.74) is 1.22. The zero-order chi connectivity index (χ0) is 17.3. The van der Waals surface area contributed by atoms with E-state index in [-0.39, 0.29) is 12.0 Å². The van der Waals surface area contributed by atoms with Crippen LogP contribution in [0.4, 0.5) is 4.79 Å². The van der Waals surface area contributed by atoms with Crippen molar-refractivity contribution in [3.63, 3.8) is 0 Å². The summed E-state index contributed by atoms with van der Waals surface area (Å²) in [5.74, 6) is 0.700. The summed E-state index contributed by atoms with van der Waals surface area (Å²) in [6.45, 7) is 6.80. The SMILES string of the molecule is CC(C)(C)OC(=O)N1CC[C@H](C[S@@](=O)c2nc3ccccc3[nH]2)C1. The molecule has 6 nitrogen and oxygen atoms in total. The fourth-order valence-electron chi connectivity index (χ4n) is 2.79. The number of para-hydroxylation sites is 2. The molecule has 130 valence electrons. The van der Waals surface area contributed by atoms with Crippen LogP contribution in [0.5, 0.6) is 0 Å². The van der Waals surface area contributed by atoms with E-state index in [1.807, 2.05) is 45.0 Å². The fourth-order valence-corrected chi connectivity index (χ4v) is 4.07. The summed E-state index contributed by atoms with van der Waals surface area (Å²) >= 11 is 0. The van der Waals surface area contributed by atoms with Gasteiger partial charge in [0.2, 0.25) is 0 Å². The number of ether oxygens (including phenoxy) is 1. The highest BCUT2D eigenvalue weighted by atomic mass is 32.2. The highest BCUT2D eigenvalue weighted by Gasteiger charge is 2.31. The number of nitrogens with one attached hydrogen (secondary N) is 1. The first kappa shape index (κ1) is 17.0. The Labute approximate surface area is 144 Å². The molecule has 1 aromatic carbocycles. The number of benzene rings is 1. The van der Waals surface area contributed by atoms with Crippen molar-refractivity contribution in [3.8, 4) is 0 Å². The van der Waals surface area contributed by atoms with Crippen molar-refractivity contribution in [3.05, 3.63) is 24.3 Å². The van der Waals surface area contributed by atoms with Gasteiger partial charge in [-0.25, -0.2) is 9.78 Å². The van der Waals surface area contributed by atoms with Gasteiger partial charge >= 0.3 is 6.09 Å². The summed E-state index contributed by atoms with van der Waals surface area (Å²) in [7, 11) is -1.20. The Morgan fingerprint density at radius 2 is 2.17 bits per heavy atom. The average molecular weight is 349 g/mol. The molecule has 0 saturated carbocycles. The van der Waals surface area contributed by atoms with Crippen LogP contribution in [0.25, 0.3) is 11.0 Å². The van der Waals surface area contributed by atoms with Gasteiger partial charge in [-0.15, -0.1) is 0 Å². The predicted octanol–water partition coefficient (Wildman–Crippen LogP) is 2.93. The van der Waals surface area contributed by atoms with E-state index in [9.17, 15) is 9.00 Å². The van der Waals surface area contributed by atoms with Gasteiger partial charge in [-0.3, -0.25) is 4.21 Å². The second-order valence-corrected chi connectivity index (χ2v) is 8.56. The molecule has 1 saturated heterocycles. The quantitative estimate of drug-likeness (QED) is 0.924. The number of aromatic nitrogens is 2. The molecular weight excluding hydrogens is 326 g/mol. The average Bonchev–Trinajstić information content (AvgIpc) is 3.11. The molecule has 2 aromatic rings. The van der Waals surface area contributed by atoms with Crippen molar-refractivity contribution in [1.29, 1.82) is 0 Å². The van der Waals surface area contributed by atoms with E-state index in [1.54, 1.807) is 4.90 Å². The van der Waals surface area contributed by atoms with Gasteiger partial charge < -0.3 is 14.6 Å². The summed E-state index contributed by atoms with van der Waals surface area (Å²) in [5, 5.41) is 0.506. The maximum atomic E-state index is 12.6. The van der Waals surface area contributed by atoms with Gasteiger partial charge in [0.15, 0.2) is 5.16 Å². The monoisotopic (exact) mass is 349 g/mol. The fraction of sp³-hybridized carbons (Fsp3) is 0.529. The third kappa shape index (κ3) is 3.95. The molecule has 7 heteroatoms. The first-order chi connectivity index (χ1) is 11.3. The lowest BCUT2D eigenvalue weighted by Crippen LogP contribution is -2.35. The van der Waals surface area contributed by atoms with E-state index < -0.39 is 16.4 Å². The lowest BCUT2D eigenvalue weighted by Gasteiger charge is -2.24. The minimum atomic E-state index is -1.20. The minimum absolute atomic E-state index is 0.201. The van der Waals surface area contributed by atoms with Crippen LogP contribution in [0.3, 0.4) is 0 Å². The van der Waals surface area contributed by atoms with Gasteiger partial charge in [0.05, 0.1) is 21.8 Å². The number of imidazole rings is 1. The van der Waals surface area contributed by atoms with Crippen LogP contribution in [0.15, 0.2) is 29.4 Å². The van der Waals surface area contributed by atoms with Crippen molar-refractivity contribution in [2.45, 2.75) is 37.9 Å². The molecule has 1 aliphatic rings. The number of H-pyrrole nitrogens is 1. The molecule has 3 rings (SSSR count). The molecule has 2 atom stereocenters. The molecule has 1 N–H and O–H groups in total. The molecule has 0 unspecified atom stereocenters. The second-order valence-electron chi connectivity index (χ2n) is 7.15. The number of carbonyl (C=O) groups excluding carboxylic acids is 1. The number of hydrogen-bond donors (Lipinski definition) is 1. The number of aromatic amines is 1. The highest BCUT2D eigenvalue weighted by Crippen LogP contribution is 2.22. The second kappa shape index (κ2) is 6.55. The molecule has 24 heavy (non-hydrogen) atoms. The molecule has 1 amide bonds. The molecule has 1 fully saturated rings. The lowest BCUT2D eigenvalue weighted by atomic mass is 10.2. The van der Waals surface area contributed by atoms with E-state index >= 15 is 0 Å². The summed E-state index contributed by atoms with van der Waals surface area (Å²) in [6, 6.07) is 7.64. The lowest BCUT2D eigenvalue weighted by molar-refractivity contribution is 0.0289. The van der Waals surface area contributed by atoms with Crippen molar-refractivity contribution in [2.24, 2.45) is 5.92 Å². The standard InChI is InChI=1S/C17H23N3O3S/c1-17(2,3)23-16(21)20-9-8-12(10-20)11-24(22)15-18-13-6-4-5-7-14(13)19-15/h4-7,12H,8-11H2,1-3H3,(H,18,19)/t12-,24+/m0/s1. The van der Waals surface area contributed by atoms with E-state index in [1.165, 1.54) is 0 Å². The normalized spacial score (nSPS) is 19.6. The van der Waals surface area contributed by atoms with E-state index in [2.05, 4.69) is 9.97 Å². The smallest absolute Gasteiger partial charge is 0.410 e. The molecule has 0 radical (unpaired) electrons.